The lowest BCUT2D eigenvalue weighted by molar-refractivity contribution is 0.0797. The van der Waals surface area contributed by atoms with Crippen LogP contribution in [-0.4, -0.2) is 35.6 Å². The topological polar surface area (TPSA) is 94.8 Å². The lowest BCUT2D eigenvalue weighted by Gasteiger charge is -2.25. The first kappa shape index (κ1) is 21.3. The van der Waals surface area contributed by atoms with Crippen LogP contribution >= 0.6 is 0 Å². The first-order chi connectivity index (χ1) is 16.8. The Kier molecular flexibility index (Phi) is 6.24. The van der Waals surface area contributed by atoms with Crippen LogP contribution in [-0.2, 0) is 16.0 Å². The quantitative estimate of drug-likeness (QED) is 0.382. The van der Waals surface area contributed by atoms with Crippen molar-refractivity contribution in [3.05, 3.63) is 90.5 Å². The zero-order valence-corrected chi connectivity index (χ0v) is 18.5. The summed E-state index contributed by atoms with van der Waals surface area (Å²) in [5.41, 5.74) is 2.62. The summed E-state index contributed by atoms with van der Waals surface area (Å²) >= 11 is 0. The summed E-state index contributed by atoms with van der Waals surface area (Å²) in [5.74, 6) is 2.49. The molecule has 9 nitrogen and oxygen atoms in total. The second-order valence-electron chi connectivity index (χ2n) is 7.50. The van der Waals surface area contributed by atoms with E-state index in [1.807, 2.05) is 54.6 Å². The van der Waals surface area contributed by atoms with Crippen molar-refractivity contribution in [2.24, 2.45) is 0 Å². The van der Waals surface area contributed by atoms with E-state index in [-0.39, 0.29) is 12.8 Å². The van der Waals surface area contributed by atoms with Gasteiger partial charge in [-0.1, -0.05) is 41.5 Å². The molecule has 0 saturated heterocycles. The van der Waals surface area contributed by atoms with Crippen LogP contribution in [0.15, 0.2) is 89.4 Å². The minimum absolute atomic E-state index is 0.215. The summed E-state index contributed by atoms with van der Waals surface area (Å²) in [5, 5.41) is 11.5. The van der Waals surface area contributed by atoms with Crippen LogP contribution in [0.5, 0.6) is 5.75 Å². The fourth-order valence-electron chi connectivity index (χ4n) is 3.57. The van der Waals surface area contributed by atoms with Crippen LogP contribution in [0.25, 0.3) is 11.5 Å². The van der Waals surface area contributed by atoms with E-state index in [0.717, 1.165) is 22.8 Å². The Hall–Kier alpha value is -4.53. The van der Waals surface area contributed by atoms with Crippen molar-refractivity contribution in [1.82, 2.24) is 15.2 Å². The van der Waals surface area contributed by atoms with Gasteiger partial charge in [-0.2, -0.15) is 0 Å². The van der Waals surface area contributed by atoms with Crippen molar-refractivity contribution in [1.29, 1.82) is 0 Å². The van der Waals surface area contributed by atoms with E-state index in [9.17, 15) is 0 Å². The van der Waals surface area contributed by atoms with Crippen molar-refractivity contribution >= 4 is 17.5 Å². The second-order valence-corrected chi connectivity index (χ2v) is 7.50. The Morgan fingerprint density at radius 1 is 1.00 bits per heavy atom. The number of methoxy groups -OCH3 is 1. The van der Waals surface area contributed by atoms with Gasteiger partial charge < -0.3 is 28.8 Å². The maximum absolute atomic E-state index is 5.95. The average Bonchev–Trinajstić information content (AvgIpc) is 3.57. The zero-order valence-electron chi connectivity index (χ0n) is 18.5. The molecule has 34 heavy (non-hydrogen) atoms. The van der Waals surface area contributed by atoms with E-state index in [1.165, 1.54) is 0 Å². The molecule has 0 radical (unpaired) electrons. The van der Waals surface area contributed by atoms with Gasteiger partial charge in [-0.25, -0.2) is 4.98 Å². The monoisotopic (exact) mass is 457 g/mol. The fourth-order valence-corrected chi connectivity index (χ4v) is 3.57. The number of anilines is 3. The molecule has 172 valence electrons. The molecule has 0 unspecified atom stereocenters. The van der Waals surface area contributed by atoms with Crippen molar-refractivity contribution in [2.75, 3.05) is 30.7 Å². The number of aromatic nitrogens is 3. The minimum atomic E-state index is 0.215. The molecule has 0 amide bonds. The Labute approximate surface area is 196 Å². The highest BCUT2D eigenvalue weighted by atomic mass is 16.7. The molecule has 4 aromatic rings. The van der Waals surface area contributed by atoms with Gasteiger partial charge in [0.25, 0.3) is 5.89 Å². The van der Waals surface area contributed by atoms with Gasteiger partial charge in [0, 0.05) is 24.5 Å². The Morgan fingerprint density at radius 3 is 2.74 bits per heavy atom. The van der Waals surface area contributed by atoms with Crippen molar-refractivity contribution in [2.45, 2.75) is 6.54 Å². The standard InChI is InChI=1S/C25H23N5O4/c1-31-20-10-5-9-19(13-20)27-25-29-28-24(34-25)22-11-6-12-26-23(22)30(15-21-16-32-17-33-21)14-18-7-3-2-4-8-18/h2-13,16H,14-15,17H2,1H3,(H,27,29). The predicted octanol–water partition coefficient (Wildman–Crippen LogP) is 4.74. The summed E-state index contributed by atoms with van der Waals surface area (Å²) in [4.78, 5) is 6.74. The van der Waals surface area contributed by atoms with E-state index in [1.54, 1.807) is 19.6 Å². The van der Waals surface area contributed by atoms with E-state index < -0.39 is 0 Å². The van der Waals surface area contributed by atoms with E-state index in [4.69, 9.17) is 18.6 Å². The van der Waals surface area contributed by atoms with Crippen molar-refractivity contribution in [3.8, 4) is 17.2 Å². The Bertz CT molecular complexity index is 1280. The van der Waals surface area contributed by atoms with Crippen LogP contribution in [0, 0.1) is 0 Å². The number of pyridine rings is 1. The summed E-state index contributed by atoms with van der Waals surface area (Å²) in [7, 11) is 1.62. The van der Waals surface area contributed by atoms with E-state index in [0.29, 0.717) is 30.4 Å². The lowest BCUT2D eigenvalue weighted by Crippen LogP contribution is -2.27. The second kappa shape index (κ2) is 9.95. The number of benzene rings is 2. The average molecular weight is 457 g/mol. The van der Waals surface area contributed by atoms with Crippen LogP contribution in [0.4, 0.5) is 17.5 Å². The number of nitrogens with one attached hydrogen (secondary N) is 1. The first-order valence-corrected chi connectivity index (χ1v) is 10.7. The highest BCUT2D eigenvalue weighted by Crippen LogP contribution is 2.31. The van der Waals surface area contributed by atoms with Gasteiger partial charge in [-0.05, 0) is 29.8 Å². The fraction of sp³-hybridized carbons (Fsp3) is 0.160. The third-order valence-corrected chi connectivity index (χ3v) is 5.15. The maximum Gasteiger partial charge on any atom is 0.320 e. The molecular formula is C25H23N5O4. The molecule has 0 atom stereocenters. The Morgan fingerprint density at radius 2 is 1.91 bits per heavy atom. The summed E-state index contributed by atoms with van der Waals surface area (Å²) < 4.78 is 22.0. The van der Waals surface area contributed by atoms with Crippen molar-refractivity contribution in [3.63, 3.8) is 0 Å². The summed E-state index contributed by atoms with van der Waals surface area (Å²) in [6, 6.07) is 21.6. The molecule has 3 heterocycles. The normalized spacial score (nSPS) is 12.4. The number of nitrogens with zero attached hydrogens (tertiary/aromatic N) is 4. The maximum atomic E-state index is 5.95. The first-order valence-electron chi connectivity index (χ1n) is 10.7. The van der Waals surface area contributed by atoms with Gasteiger partial charge in [-0.3, -0.25) is 0 Å². The summed E-state index contributed by atoms with van der Waals surface area (Å²) in [6.07, 6.45) is 3.37. The molecule has 1 N–H and O–H groups in total. The van der Waals surface area contributed by atoms with Gasteiger partial charge in [0.05, 0.1) is 19.2 Å². The molecule has 0 bridgehead atoms. The molecule has 0 fully saturated rings. The largest absolute Gasteiger partial charge is 0.497 e. The molecule has 2 aromatic heterocycles. The van der Waals surface area contributed by atoms with Crippen molar-refractivity contribution < 1.29 is 18.6 Å². The molecule has 2 aromatic carbocycles. The van der Waals surface area contributed by atoms with Gasteiger partial charge in [0.1, 0.15) is 17.8 Å². The highest BCUT2D eigenvalue weighted by molar-refractivity contribution is 5.70. The van der Waals surface area contributed by atoms with Crippen LogP contribution in [0.2, 0.25) is 0 Å². The number of hydrogen-bond acceptors (Lipinski definition) is 9. The Balaban J connectivity index is 1.44. The van der Waals surface area contributed by atoms with Crippen LogP contribution in [0.3, 0.4) is 0 Å². The third kappa shape index (κ3) is 4.93. The third-order valence-electron chi connectivity index (χ3n) is 5.15. The molecule has 9 heteroatoms. The van der Waals surface area contributed by atoms with Gasteiger partial charge in [0.2, 0.25) is 6.79 Å². The van der Waals surface area contributed by atoms with E-state index >= 15 is 0 Å². The van der Waals surface area contributed by atoms with E-state index in [2.05, 4.69) is 37.5 Å². The number of hydrogen-bond donors (Lipinski definition) is 1. The SMILES string of the molecule is COc1cccc(Nc2nnc(-c3cccnc3N(CC3=COCO3)Cc3ccccc3)o2)c1. The molecule has 0 spiro atoms. The lowest BCUT2D eigenvalue weighted by atomic mass is 10.2. The smallest absolute Gasteiger partial charge is 0.320 e. The predicted molar refractivity (Wildman–Crippen MR) is 126 cm³/mol. The highest BCUT2D eigenvalue weighted by Gasteiger charge is 2.21. The zero-order chi connectivity index (χ0) is 23.2. The molecule has 0 aliphatic carbocycles. The van der Waals surface area contributed by atoms with Gasteiger partial charge in [-0.15, -0.1) is 5.10 Å². The minimum Gasteiger partial charge on any atom is -0.497 e. The number of rotatable bonds is 9. The summed E-state index contributed by atoms with van der Waals surface area (Å²) in [6.45, 7) is 1.29. The van der Waals surface area contributed by atoms with Crippen LogP contribution < -0.4 is 15.0 Å². The van der Waals surface area contributed by atoms with Gasteiger partial charge in [0.15, 0.2) is 5.76 Å². The molecule has 5 rings (SSSR count). The molecule has 0 saturated carbocycles. The van der Waals surface area contributed by atoms with Gasteiger partial charge >= 0.3 is 6.01 Å². The molecular weight excluding hydrogens is 434 g/mol. The van der Waals surface area contributed by atoms with Crippen LogP contribution in [0.1, 0.15) is 5.56 Å². The molecule has 1 aliphatic rings. The number of ether oxygens (including phenoxy) is 3. The molecule has 1 aliphatic heterocycles.